The maximum Gasteiger partial charge on any atom is 0.138 e. The largest absolute Gasteiger partial charge is 0.486 e. The fraction of sp³-hybridized carbons (Fsp3) is 0.538. The molecule has 94 valence electrons. The number of aryl methyl sites for hydroxylation is 1. The van der Waals surface area contributed by atoms with Crippen LogP contribution in [0.3, 0.4) is 0 Å². The average molecular weight is 257 g/mol. The van der Waals surface area contributed by atoms with Crippen molar-refractivity contribution >= 4 is 11.6 Å². The molecule has 17 heavy (non-hydrogen) atoms. The zero-order chi connectivity index (χ0) is 12.1. The zero-order valence-corrected chi connectivity index (χ0v) is 10.4. The first-order chi connectivity index (χ1) is 8.29. The van der Waals surface area contributed by atoms with E-state index < -0.39 is 0 Å². The highest BCUT2D eigenvalue weighted by atomic mass is 35.5. The van der Waals surface area contributed by atoms with Crippen molar-refractivity contribution < 1.29 is 14.6 Å². The fourth-order valence-corrected chi connectivity index (χ4v) is 2.11. The molecule has 0 aliphatic carbocycles. The van der Waals surface area contributed by atoms with Crippen LogP contribution >= 0.6 is 11.6 Å². The third kappa shape index (κ3) is 3.60. The fourth-order valence-electron chi connectivity index (χ4n) is 1.86. The van der Waals surface area contributed by atoms with E-state index in [0.717, 1.165) is 37.2 Å². The van der Waals surface area contributed by atoms with E-state index in [2.05, 4.69) is 0 Å². The molecule has 0 saturated carbocycles. The van der Waals surface area contributed by atoms with Crippen LogP contribution in [0.4, 0.5) is 0 Å². The van der Waals surface area contributed by atoms with E-state index in [0.29, 0.717) is 11.6 Å². The minimum absolute atomic E-state index is 0.121. The highest BCUT2D eigenvalue weighted by Crippen LogP contribution is 2.28. The maximum absolute atomic E-state index is 8.77. The molecule has 1 aromatic carbocycles. The number of hydrogen-bond donors (Lipinski definition) is 1. The topological polar surface area (TPSA) is 38.7 Å². The lowest BCUT2D eigenvalue weighted by molar-refractivity contribution is 0.141. The molecule has 0 spiro atoms. The van der Waals surface area contributed by atoms with E-state index in [4.69, 9.17) is 26.2 Å². The summed E-state index contributed by atoms with van der Waals surface area (Å²) < 4.78 is 11.0. The number of aliphatic hydroxyl groups is 1. The number of halogens is 1. The van der Waals surface area contributed by atoms with E-state index in [1.54, 1.807) is 0 Å². The van der Waals surface area contributed by atoms with Crippen LogP contribution < -0.4 is 4.74 Å². The summed E-state index contributed by atoms with van der Waals surface area (Å²) in [7, 11) is 0. The van der Waals surface area contributed by atoms with Crippen molar-refractivity contribution in [2.75, 3.05) is 19.8 Å². The quantitative estimate of drug-likeness (QED) is 0.880. The van der Waals surface area contributed by atoms with Crippen LogP contribution in [-0.4, -0.2) is 31.0 Å². The summed E-state index contributed by atoms with van der Waals surface area (Å²) in [4.78, 5) is 0. The van der Waals surface area contributed by atoms with E-state index in [9.17, 15) is 0 Å². The highest BCUT2D eigenvalue weighted by Gasteiger charge is 2.18. The van der Waals surface area contributed by atoms with Crippen LogP contribution in [0.2, 0.25) is 5.02 Å². The molecule has 1 atom stereocenters. The van der Waals surface area contributed by atoms with Gasteiger partial charge in [0.05, 0.1) is 18.2 Å². The average Bonchev–Trinajstić information content (AvgIpc) is 2.82. The van der Waals surface area contributed by atoms with Gasteiger partial charge in [0.15, 0.2) is 0 Å². The third-order valence-electron chi connectivity index (χ3n) is 2.80. The van der Waals surface area contributed by atoms with Gasteiger partial charge >= 0.3 is 0 Å². The Labute approximate surface area is 106 Å². The van der Waals surface area contributed by atoms with Gasteiger partial charge in [0.25, 0.3) is 0 Å². The van der Waals surface area contributed by atoms with Gasteiger partial charge in [-0.2, -0.15) is 0 Å². The second-order valence-corrected chi connectivity index (χ2v) is 4.60. The normalized spacial score (nSPS) is 19.5. The molecule has 1 unspecified atom stereocenters. The van der Waals surface area contributed by atoms with Crippen LogP contribution in [-0.2, 0) is 11.2 Å². The Bertz CT molecular complexity index is 362. The molecule has 0 amide bonds. The van der Waals surface area contributed by atoms with Crippen molar-refractivity contribution in [3.63, 3.8) is 0 Å². The minimum Gasteiger partial charge on any atom is -0.486 e. The standard InChI is InChI=1S/C13H17ClO3/c14-12-8-10(2-1-6-15)3-4-13(12)17-11-5-7-16-9-11/h3-4,8,11,15H,1-2,5-7,9H2. The van der Waals surface area contributed by atoms with Crippen LogP contribution in [0.5, 0.6) is 5.75 Å². The summed E-state index contributed by atoms with van der Waals surface area (Å²) in [5.41, 5.74) is 1.12. The SMILES string of the molecule is OCCCc1ccc(OC2CCOC2)c(Cl)c1. The van der Waals surface area contributed by atoms with Gasteiger partial charge in [-0.1, -0.05) is 17.7 Å². The molecule has 3 nitrogen and oxygen atoms in total. The predicted molar refractivity (Wildman–Crippen MR) is 66.7 cm³/mol. The summed E-state index contributed by atoms with van der Waals surface area (Å²) >= 11 is 6.16. The van der Waals surface area contributed by atoms with Gasteiger partial charge in [0.1, 0.15) is 11.9 Å². The first kappa shape index (κ1) is 12.7. The molecule has 1 heterocycles. The number of hydrogen-bond acceptors (Lipinski definition) is 3. The molecular weight excluding hydrogens is 240 g/mol. The second kappa shape index (κ2) is 6.24. The molecular formula is C13H17ClO3. The lowest BCUT2D eigenvalue weighted by atomic mass is 10.1. The Hall–Kier alpha value is -0.770. The van der Waals surface area contributed by atoms with Crippen LogP contribution in [0, 0.1) is 0 Å². The molecule has 1 fully saturated rings. The molecule has 1 saturated heterocycles. The van der Waals surface area contributed by atoms with Gasteiger partial charge in [-0.3, -0.25) is 0 Å². The molecule has 1 N–H and O–H groups in total. The van der Waals surface area contributed by atoms with Gasteiger partial charge in [-0.05, 0) is 30.5 Å². The Morgan fingerprint density at radius 1 is 1.47 bits per heavy atom. The Balaban J connectivity index is 1.98. The molecule has 1 aliphatic rings. The Kier molecular flexibility index (Phi) is 4.66. The molecule has 0 bridgehead atoms. The minimum atomic E-state index is 0.121. The molecule has 0 aromatic heterocycles. The molecule has 4 heteroatoms. The zero-order valence-electron chi connectivity index (χ0n) is 9.69. The Morgan fingerprint density at radius 3 is 3.00 bits per heavy atom. The highest BCUT2D eigenvalue weighted by molar-refractivity contribution is 6.32. The van der Waals surface area contributed by atoms with Crippen molar-refractivity contribution in [3.8, 4) is 5.75 Å². The van der Waals surface area contributed by atoms with Crippen molar-refractivity contribution in [2.24, 2.45) is 0 Å². The van der Waals surface area contributed by atoms with Crippen LogP contribution in [0.1, 0.15) is 18.4 Å². The molecule has 2 rings (SSSR count). The number of rotatable bonds is 5. The van der Waals surface area contributed by atoms with Crippen molar-refractivity contribution in [2.45, 2.75) is 25.4 Å². The molecule has 1 aromatic rings. The predicted octanol–water partition coefficient (Wildman–Crippen LogP) is 2.43. The summed E-state index contributed by atoms with van der Waals surface area (Å²) in [5.74, 6) is 0.718. The van der Waals surface area contributed by atoms with Crippen molar-refractivity contribution in [1.82, 2.24) is 0 Å². The third-order valence-corrected chi connectivity index (χ3v) is 3.10. The van der Waals surface area contributed by atoms with E-state index in [1.807, 2.05) is 18.2 Å². The molecule has 1 aliphatic heterocycles. The van der Waals surface area contributed by atoms with Crippen LogP contribution in [0.15, 0.2) is 18.2 Å². The number of aliphatic hydroxyl groups excluding tert-OH is 1. The summed E-state index contributed by atoms with van der Waals surface area (Å²) in [6, 6.07) is 5.79. The van der Waals surface area contributed by atoms with Crippen LogP contribution in [0.25, 0.3) is 0 Å². The van der Waals surface area contributed by atoms with Gasteiger partial charge in [0.2, 0.25) is 0 Å². The first-order valence-electron chi connectivity index (χ1n) is 5.93. The lowest BCUT2D eigenvalue weighted by Gasteiger charge is -2.13. The second-order valence-electron chi connectivity index (χ2n) is 4.20. The first-order valence-corrected chi connectivity index (χ1v) is 6.31. The van der Waals surface area contributed by atoms with Crippen molar-refractivity contribution in [1.29, 1.82) is 0 Å². The molecule has 0 radical (unpaired) electrons. The monoisotopic (exact) mass is 256 g/mol. The summed E-state index contributed by atoms with van der Waals surface area (Å²) in [6.45, 7) is 1.61. The van der Waals surface area contributed by atoms with Gasteiger partial charge < -0.3 is 14.6 Å². The van der Waals surface area contributed by atoms with E-state index >= 15 is 0 Å². The van der Waals surface area contributed by atoms with Gasteiger partial charge in [0, 0.05) is 13.0 Å². The maximum atomic E-state index is 8.77. The lowest BCUT2D eigenvalue weighted by Crippen LogP contribution is -2.15. The number of ether oxygens (including phenoxy) is 2. The summed E-state index contributed by atoms with van der Waals surface area (Å²) in [6.07, 6.45) is 2.63. The van der Waals surface area contributed by atoms with Gasteiger partial charge in [-0.15, -0.1) is 0 Å². The number of benzene rings is 1. The van der Waals surface area contributed by atoms with E-state index in [-0.39, 0.29) is 12.7 Å². The smallest absolute Gasteiger partial charge is 0.138 e. The van der Waals surface area contributed by atoms with Crippen molar-refractivity contribution in [3.05, 3.63) is 28.8 Å². The van der Waals surface area contributed by atoms with E-state index in [1.165, 1.54) is 0 Å². The van der Waals surface area contributed by atoms with Gasteiger partial charge in [-0.25, -0.2) is 0 Å². The Morgan fingerprint density at radius 2 is 2.35 bits per heavy atom. The summed E-state index contributed by atoms with van der Waals surface area (Å²) in [5, 5.41) is 9.40.